The molecule has 0 aromatic carbocycles. The van der Waals surface area contributed by atoms with Gasteiger partial charge in [0.15, 0.2) is 3.95 Å². The second kappa shape index (κ2) is 2.94. The van der Waals surface area contributed by atoms with Crippen molar-refractivity contribution >= 4 is 29.5 Å². The van der Waals surface area contributed by atoms with E-state index in [0.717, 1.165) is 0 Å². The number of hydrogen-bond acceptors (Lipinski definition) is 3. The van der Waals surface area contributed by atoms with Crippen LogP contribution in [0.15, 0.2) is 11.6 Å². The number of thiazole rings is 1. The van der Waals surface area contributed by atoms with Crippen molar-refractivity contribution in [3.63, 3.8) is 0 Å². The van der Waals surface area contributed by atoms with Crippen LogP contribution in [0.5, 0.6) is 0 Å². The molecule has 0 aliphatic carbocycles. The third-order valence-electron chi connectivity index (χ3n) is 0.950. The molecule has 1 rings (SSSR count). The molecule has 0 fully saturated rings. The second-order valence-electron chi connectivity index (χ2n) is 1.69. The molecule has 0 aliphatic rings. The van der Waals surface area contributed by atoms with Gasteiger partial charge in [-0.15, -0.1) is 11.3 Å². The predicted molar refractivity (Wildman–Crippen MR) is 40.8 cm³/mol. The zero-order valence-electron chi connectivity index (χ0n) is 4.98. The van der Waals surface area contributed by atoms with Gasteiger partial charge < -0.3 is 9.67 Å². The Morgan fingerprint density at radius 3 is 3.00 bits per heavy atom. The molecular formula is C5H5NO2S2. The Morgan fingerprint density at radius 1 is 1.90 bits per heavy atom. The smallest absolute Gasteiger partial charge is 0.323 e. The van der Waals surface area contributed by atoms with Crippen LogP contribution in [0.2, 0.25) is 0 Å². The minimum absolute atomic E-state index is 0.0394. The van der Waals surface area contributed by atoms with E-state index in [1.807, 2.05) is 0 Å². The lowest BCUT2D eigenvalue weighted by Crippen LogP contribution is -2.06. The van der Waals surface area contributed by atoms with E-state index in [1.165, 1.54) is 15.9 Å². The lowest BCUT2D eigenvalue weighted by molar-refractivity contribution is -0.137. The molecule has 3 nitrogen and oxygen atoms in total. The molecule has 0 unspecified atom stereocenters. The highest BCUT2D eigenvalue weighted by molar-refractivity contribution is 7.73. The quantitative estimate of drug-likeness (QED) is 0.690. The molecule has 0 saturated carbocycles. The maximum Gasteiger partial charge on any atom is 0.323 e. The largest absolute Gasteiger partial charge is 0.480 e. The zero-order valence-corrected chi connectivity index (χ0v) is 6.61. The Balaban J connectivity index is 2.85. The predicted octanol–water partition coefficient (Wildman–Crippen LogP) is 1.36. The molecule has 1 aromatic heterocycles. The maximum atomic E-state index is 10.2. The van der Waals surface area contributed by atoms with Crippen molar-refractivity contribution < 1.29 is 9.90 Å². The van der Waals surface area contributed by atoms with Crippen molar-refractivity contribution in [2.75, 3.05) is 0 Å². The van der Waals surface area contributed by atoms with E-state index < -0.39 is 5.97 Å². The molecule has 0 bridgehead atoms. The Labute approximate surface area is 66.5 Å². The molecule has 1 heterocycles. The summed E-state index contributed by atoms with van der Waals surface area (Å²) < 4.78 is 2.12. The van der Waals surface area contributed by atoms with Crippen LogP contribution in [-0.4, -0.2) is 15.6 Å². The first-order valence-electron chi connectivity index (χ1n) is 2.56. The van der Waals surface area contributed by atoms with Crippen molar-refractivity contribution in [1.29, 1.82) is 0 Å². The molecular weight excluding hydrogens is 170 g/mol. The van der Waals surface area contributed by atoms with Crippen LogP contribution >= 0.6 is 23.6 Å². The highest BCUT2D eigenvalue weighted by atomic mass is 32.1. The summed E-state index contributed by atoms with van der Waals surface area (Å²) >= 11 is 6.18. The Hall–Kier alpha value is -0.680. The first-order valence-corrected chi connectivity index (χ1v) is 3.84. The molecule has 0 aliphatic heterocycles. The van der Waals surface area contributed by atoms with Gasteiger partial charge in [-0.25, -0.2) is 0 Å². The highest BCUT2D eigenvalue weighted by Crippen LogP contribution is 2.01. The number of carbonyl (C=O) groups is 1. The first-order chi connectivity index (χ1) is 4.70. The van der Waals surface area contributed by atoms with Gasteiger partial charge in [-0.05, 0) is 12.2 Å². The van der Waals surface area contributed by atoms with Crippen LogP contribution in [-0.2, 0) is 11.3 Å². The summed E-state index contributed by atoms with van der Waals surface area (Å²) in [5.41, 5.74) is 0. The van der Waals surface area contributed by atoms with Gasteiger partial charge in [0.25, 0.3) is 0 Å². The van der Waals surface area contributed by atoms with Crippen molar-refractivity contribution in [2.45, 2.75) is 6.54 Å². The summed E-state index contributed by atoms with van der Waals surface area (Å²) in [7, 11) is 0. The summed E-state index contributed by atoms with van der Waals surface area (Å²) in [5.74, 6) is -0.866. The van der Waals surface area contributed by atoms with Gasteiger partial charge in [0.1, 0.15) is 6.54 Å². The fraction of sp³-hybridized carbons (Fsp3) is 0.200. The number of carboxylic acid groups (broad SMARTS) is 1. The number of rotatable bonds is 2. The average Bonchev–Trinajstić information content (AvgIpc) is 2.15. The third kappa shape index (κ3) is 1.65. The minimum atomic E-state index is -0.866. The lowest BCUT2D eigenvalue weighted by atomic mass is 10.6. The van der Waals surface area contributed by atoms with Gasteiger partial charge in [-0.3, -0.25) is 4.79 Å². The molecule has 54 valence electrons. The monoisotopic (exact) mass is 175 g/mol. The summed E-state index contributed by atoms with van der Waals surface area (Å²) in [4.78, 5) is 10.2. The van der Waals surface area contributed by atoms with Gasteiger partial charge in [0.2, 0.25) is 0 Å². The summed E-state index contributed by atoms with van der Waals surface area (Å²) in [5, 5.41) is 10.1. The van der Waals surface area contributed by atoms with Crippen LogP contribution in [0.1, 0.15) is 0 Å². The topological polar surface area (TPSA) is 42.2 Å². The molecule has 0 saturated heterocycles. The molecule has 10 heavy (non-hydrogen) atoms. The van der Waals surface area contributed by atoms with Gasteiger partial charge >= 0.3 is 5.97 Å². The number of nitrogens with zero attached hydrogens (tertiary/aromatic N) is 1. The van der Waals surface area contributed by atoms with E-state index in [4.69, 9.17) is 17.3 Å². The molecule has 0 amide bonds. The van der Waals surface area contributed by atoms with Crippen LogP contribution in [0.4, 0.5) is 0 Å². The average molecular weight is 175 g/mol. The summed E-state index contributed by atoms with van der Waals surface area (Å²) in [6.07, 6.45) is 1.67. The number of carboxylic acids is 1. The van der Waals surface area contributed by atoms with E-state index >= 15 is 0 Å². The Bertz CT molecular complexity index is 288. The second-order valence-corrected chi connectivity index (χ2v) is 3.23. The Kier molecular flexibility index (Phi) is 2.18. The standard InChI is InChI=1S/C5H5NO2S2/c7-4(8)3-6-1-2-10-5(6)9/h1-2H,3H2,(H,7,8). The van der Waals surface area contributed by atoms with E-state index in [-0.39, 0.29) is 6.54 Å². The summed E-state index contributed by atoms with van der Waals surface area (Å²) in [6.45, 7) is -0.0394. The molecule has 0 spiro atoms. The molecule has 1 aromatic rings. The number of aromatic nitrogens is 1. The normalized spacial score (nSPS) is 9.60. The third-order valence-corrected chi connectivity index (χ3v) is 2.17. The summed E-state index contributed by atoms with van der Waals surface area (Å²) in [6, 6.07) is 0. The van der Waals surface area contributed by atoms with Gasteiger partial charge in [-0.1, -0.05) is 0 Å². The lowest BCUT2D eigenvalue weighted by Gasteiger charge is -1.93. The van der Waals surface area contributed by atoms with Crippen LogP contribution < -0.4 is 0 Å². The number of hydrogen-bond donors (Lipinski definition) is 1. The van der Waals surface area contributed by atoms with E-state index in [9.17, 15) is 4.79 Å². The fourth-order valence-electron chi connectivity index (χ4n) is 0.554. The van der Waals surface area contributed by atoms with Crippen LogP contribution in [0.3, 0.4) is 0 Å². The van der Waals surface area contributed by atoms with Gasteiger partial charge in [0, 0.05) is 11.6 Å². The van der Waals surface area contributed by atoms with Crippen molar-refractivity contribution in [3.05, 3.63) is 15.5 Å². The van der Waals surface area contributed by atoms with Crippen LogP contribution in [0, 0.1) is 3.95 Å². The number of aliphatic carboxylic acids is 1. The fourth-order valence-corrected chi connectivity index (χ4v) is 1.43. The molecule has 5 heteroatoms. The van der Waals surface area contributed by atoms with Gasteiger partial charge in [-0.2, -0.15) is 0 Å². The first kappa shape index (κ1) is 7.43. The molecule has 0 radical (unpaired) electrons. The van der Waals surface area contributed by atoms with E-state index in [1.54, 1.807) is 11.6 Å². The SMILES string of the molecule is O=C(O)Cn1ccsc1=S. The van der Waals surface area contributed by atoms with Gasteiger partial charge in [0.05, 0.1) is 0 Å². The molecule has 0 atom stereocenters. The van der Waals surface area contributed by atoms with Crippen LogP contribution in [0.25, 0.3) is 0 Å². The minimum Gasteiger partial charge on any atom is -0.480 e. The Morgan fingerprint density at radius 2 is 2.60 bits per heavy atom. The van der Waals surface area contributed by atoms with Crippen molar-refractivity contribution in [2.24, 2.45) is 0 Å². The van der Waals surface area contributed by atoms with E-state index in [0.29, 0.717) is 3.95 Å². The highest BCUT2D eigenvalue weighted by Gasteiger charge is 1.98. The van der Waals surface area contributed by atoms with E-state index in [2.05, 4.69) is 0 Å². The van der Waals surface area contributed by atoms with Crippen molar-refractivity contribution in [3.8, 4) is 0 Å². The molecule has 1 N–H and O–H groups in total. The zero-order chi connectivity index (χ0) is 7.56. The maximum absolute atomic E-state index is 10.2. The van der Waals surface area contributed by atoms with Crippen molar-refractivity contribution in [1.82, 2.24) is 4.57 Å².